The lowest BCUT2D eigenvalue weighted by Crippen LogP contribution is -2.52. The van der Waals surface area contributed by atoms with Crippen LogP contribution in [0.15, 0.2) is 61.2 Å². The molecule has 1 fully saturated rings. The number of nitrogens with one attached hydrogen (secondary N) is 1. The van der Waals surface area contributed by atoms with E-state index in [-0.39, 0.29) is 12.5 Å². The van der Waals surface area contributed by atoms with Gasteiger partial charge in [0.25, 0.3) is 6.47 Å². The number of carbonyl (C=O) groups is 2. The van der Waals surface area contributed by atoms with Crippen molar-refractivity contribution in [1.82, 2.24) is 30.0 Å². The molecule has 1 saturated heterocycles. The van der Waals surface area contributed by atoms with Gasteiger partial charge in [-0.2, -0.15) is 5.10 Å². The third-order valence-corrected chi connectivity index (χ3v) is 6.37. The van der Waals surface area contributed by atoms with E-state index in [9.17, 15) is 4.79 Å². The summed E-state index contributed by atoms with van der Waals surface area (Å²) < 4.78 is 1.81. The average molecular weight is 516 g/mol. The molecule has 2 amide bonds. The first-order chi connectivity index (χ1) is 18.4. The molecule has 198 valence electrons. The van der Waals surface area contributed by atoms with Gasteiger partial charge in [-0.05, 0) is 47.4 Å². The highest BCUT2D eigenvalue weighted by Crippen LogP contribution is 2.33. The minimum Gasteiger partial charge on any atom is -0.483 e. The number of rotatable bonds is 5. The second kappa shape index (κ2) is 12.2. The number of aromatic nitrogens is 4. The number of hydrogen-bond donors (Lipinski definition) is 2. The molecule has 3 aromatic heterocycles. The summed E-state index contributed by atoms with van der Waals surface area (Å²) >= 11 is 0. The third kappa shape index (κ3) is 6.26. The number of benzene rings is 1. The maximum atomic E-state index is 12.4. The number of amides is 2. The van der Waals surface area contributed by atoms with Gasteiger partial charge in [-0.15, -0.1) is 0 Å². The zero-order valence-corrected chi connectivity index (χ0v) is 21.9. The number of urea groups is 1. The molecule has 4 aromatic rings. The van der Waals surface area contributed by atoms with Crippen LogP contribution in [-0.2, 0) is 11.8 Å². The van der Waals surface area contributed by atoms with E-state index >= 15 is 0 Å². The van der Waals surface area contributed by atoms with Crippen LogP contribution in [0.5, 0.6) is 0 Å². The van der Waals surface area contributed by atoms with E-state index in [0.717, 1.165) is 52.1 Å². The van der Waals surface area contributed by atoms with E-state index < -0.39 is 0 Å². The summed E-state index contributed by atoms with van der Waals surface area (Å²) in [5.74, 6) is 1.38. The lowest BCUT2D eigenvalue weighted by Gasteiger charge is -2.35. The molecule has 5 rings (SSSR count). The van der Waals surface area contributed by atoms with E-state index in [1.807, 2.05) is 47.5 Å². The van der Waals surface area contributed by atoms with Gasteiger partial charge in [-0.1, -0.05) is 19.9 Å². The highest BCUT2D eigenvalue weighted by Gasteiger charge is 2.22. The van der Waals surface area contributed by atoms with Crippen LogP contribution in [-0.4, -0.2) is 75.0 Å². The van der Waals surface area contributed by atoms with Crippen LogP contribution in [0.25, 0.3) is 33.2 Å². The summed E-state index contributed by atoms with van der Waals surface area (Å²) in [5.41, 5.74) is 5.22. The topological polar surface area (TPSA) is 116 Å². The van der Waals surface area contributed by atoms with Crippen LogP contribution in [0.1, 0.15) is 13.8 Å². The normalized spacial score (nSPS) is 13.3. The lowest BCUT2D eigenvalue weighted by atomic mass is 9.97. The molecular formula is C28H33N7O3. The largest absolute Gasteiger partial charge is 0.483 e. The fourth-order valence-corrected chi connectivity index (χ4v) is 4.43. The van der Waals surface area contributed by atoms with Gasteiger partial charge < -0.3 is 20.2 Å². The molecule has 0 atom stereocenters. The maximum Gasteiger partial charge on any atom is 0.317 e. The summed E-state index contributed by atoms with van der Waals surface area (Å²) in [6, 6.07) is 12.6. The number of pyridine rings is 2. The van der Waals surface area contributed by atoms with Crippen molar-refractivity contribution in [3.63, 3.8) is 0 Å². The van der Waals surface area contributed by atoms with Crippen molar-refractivity contribution in [1.29, 1.82) is 0 Å². The second-order valence-corrected chi connectivity index (χ2v) is 9.56. The van der Waals surface area contributed by atoms with Crippen LogP contribution < -0.4 is 10.2 Å². The van der Waals surface area contributed by atoms with Gasteiger partial charge in [0.1, 0.15) is 5.82 Å². The highest BCUT2D eigenvalue weighted by atomic mass is 16.3. The molecule has 1 aromatic carbocycles. The van der Waals surface area contributed by atoms with Gasteiger partial charge in [-0.25, -0.2) is 9.78 Å². The summed E-state index contributed by atoms with van der Waals surface area (Å²) in [6.07, 6.45) is 7.64. The van der Waals surface area contributed by atoms with Crippen molar-refractivity contribution in [2.45, 2.75) is 13.8 Å². The van der Waals surface area contributed by atoms with Crippen molar-refractivity contribution in [3.05, 3.63) is 61.2 Å². The number of carbonyl (C=O) groups excluding carboxylic acids is 1. The van der Waals surface area contributed by atoms with E-state index in [4.69, 9.17) is 14.9 Å². The molecule has 0 saturated carbocycles. The zero-order valence-electron chi connectivity index (χ0n) is 21.9. The summed E-state index contributed by atoms with van der Waals surface area (Å²) in [6.45, 7) is 7.57. The lowest BCUT2D eigenvalue weighted by molar-refractivity contribution is -0.122. The molecule has 1 aliphatic rings. The number of carboxylic acid groups (broad SMARTS) is 1. The predicted molar refractivity (Wildman–Crippen MR) is 148 cm³/mol. The van der Waals surface area contributed by atoms with Crippen molar-refractivity contribution in [2.75, 3.05) is 37.6 Å². The first-order valence-corrected chi connectivity index (χ1v) is 12.6. The molecule has 4 heterocycles. The molecule has 0 bridgehead atoms. The average Bonchev–Trinajstić information content (AvgIpc) is 3.38. The van der Waals surface area contributed by atoms with Crippen LogP contribution in [0.2, 0.25) is 0 Å². The number of nitrogens with zero attached hydrogens (tertiary/aromatic N) is 6. The molecule has 2 N–H and O–H groups in total. The van der Waals surface area contributed by atoms with E-state index in [2.05, 4.69) is 64.5 Å². The monoisotopic (exact) mass is 515 g/mol. The Hall–Kier alpha value is -4.47. The summed E-state index contributed by atoms with van der Waals surface area (Å²) in [4.78, 5) is 34.2. The molecule has 10 nitrogen and oxygen atoms in total. The summed E-state index contributed by atoms with van der Waals surface area (Å²) in [5, 5.41) is 15.3. The van der Waals surface area contributed by atoms with Crippen molar-refractivity contribution < 1.29 is 14.7 Å². The fraction of sp³-hybridized carbons (Fsp3) is 0.321. The Balaban J connectivity index is 0.00000107. The van der Waals surface area contributed by atoms with Gasteiger partial charge in [-0.3, -0.25) is 14.5 Å². The smallest absolute Gasteiger partial charge is 0.317 e. The predicted octanol–water partition coefficient (Wildman–Crippen LogP) is 3.89. The van der Waals surface area contributed by atoms with Gasteiger partial charge in [0.2, 0.25) is 0 Å². The minimum absolute atomic E-state index is 0.0237. The van der Waals surface area contributed by atoms with Crippen LogP contribution >= 0.6 is 0 Å². The first kappa shape index (κ1) is 26.6. The standard InChI is InChI=1S/C27H31N7O.CH2O2/c1-19(2)15-30-27(35)34-11-9-33(10-12-34)26-7-6-20(16-29-26)24-13-21(22-17-31-32(3)18-22)14-25-23(24)5-4-8-28-25;2-1-3/h4-8,13-14,16-19H,9-12,15H2,1-3H3,(H,30,35);1H,(H,2,3). The third-order valence-electron chi connectivity index (χ3n) is 6.37. The van der Waals surface area contributed by atoms with Gasteiger partial charge in [0.15, 0.2) is 0 Å². The van der Waals surface area contributed by atoms with Crippen LogP contribution in [0.4, 0.5) is 10.6 Å². The molecule has 0 spiro atoms. The highest BCUT2D eigenvalue weighted by molar-refractivity contribution is 5.98. The SMILES string of the molecule is CC(C)CNC(=O)N1CCN(c2ccc(-c3cc(-c4cnn(C)c4)cc4ncccc34)cn2)CC1.O=CO. The second-order valence-electron chi connectivity index (χ2n) is 9.56. The van der Waals surface area contributed by atoms with Crippen LogP contribution in [0, 0.1) is 5.92 Å². The maximum absolute atomic E-state index is 12.4. The van der Waals surface area contributed by atoms with Crippen molar-refractivity contribution >= 4 is 29.2 Å². The Morgan fingerprint density at radius 2 is 1.82 bits per heavy atom. The van der Waals surface area contributed by atoms with Gasteiger partial charge in [0.05, 0.1) is 11.7 Å². The number of aryl methyl sites for hydroxylation is 1. The number of anilines is 1. The molecule has 0 unspecified atom stereocenters. The molecule has 0 aliphatic carbocycles. The van der Waals surface area contributed by atoms with Crippen molar-refractivity contribution in [3.8, 4) is 22.3 Å². The number of piperazine rings is 1. The summed E-state index contributed by atoms with van der Waals surface area (Å²) in [7, 11) is 1.92. The van der Waals surface area contributed by atoms with E-state index in [1.54, 1.807) is 0 Å². The van der Waals surface area contributed by atoms with Gasteiger partial charge >= 0.3 is 6.03 Å². The first-order valence-electron chi connectivity index (χ1n) is 12.6. The molecular weight excluding hydrogens is 482 g/mol. The quantitative estimate of drug-likeness (QED) is 0.387. The van der Waals surface area contributed by atoms with Crippen molar-refractivity contribution in [2.24, 2.45) is 13.0 Å². The molecule has 10 heteroatoms. The molecule has 1 aliphatic heterocycles. The zero-order chi connectivity index (χ0) is 27.1. The Morgan fingerprint density at radius 1 is 1.05 bits per heavy atom. The van der Waals surface area contributed by atoms with E-state index in [0.29, 0.717) is 25.6 Å². The molecule has 38 heavy (non-hydrogen) atoms. The Kier molecular flexibility index (Phi) is 8.52. The fourth-order valence-electron chi connectivity index (χ4n) is 4.43. The van der Waals surface area contributed by atoms with Crippen LogP contribution in [0.3, 0.4) is 0 Å². The molecule has 0 radical (unpaired) electrons. The number of hydrogen-bond acceptors (Lipinski definition) is 6. The minimum atomic E-state index is -0.250. The Morgan fingerprint density at radius 3 is 2.45 bits per heavy atom. The van der Waals surface area contributed by atoms with Gasteiger partial charge in [0, 0.05) is 74.9 Å². The van der Waals surface area contributed by atoms with E-state index in [1.165, 1.54) is 0 Å². The Labute approximate surface area is 221 Å². The Bertz CT molecular complexity index is 1380. The number of fused-ring (bicyclic) bond motifs is 1.